The van der Waals surface area contributed by atoms with E-state index in [0.29, 0.717) is 23.1 Å². The number of nitrogens with one attached hydrogen (secondary N) is 2. The average Bonchev–Trinajstić information content (AvgIpc) is 2.98. The molecular weight excluding hydrogens is 479 g/mol. The van der Waals surface area contributed by atoms with Gasteiger partial charge in [-0.05, 0) is 30.2 Å². The number of hydrogen-bond donors (Lipinski definition) is 2. The molecule has 2 aromatic rings. The number of aliphatic imine (C=N–C) groups is 1. The molecule has 1 aromatic heterocycles. The van der Waals surface area contributed by atoms with Crippen molar-refractivity contribution in [1.29, 1.82) is 0 Å². The second kappa shape index (κ2) is 11.2. The second-order valence-electron chi connectivity index (χ2n) is 5.26. The third-order valence-electron chi connectivity index (χ3n) is 3.37. The average molecular weight is 500 g/mol. The molecular formula is C16H21ClF2IN5O. The lowest BCUT2D eigenvalue weighted by Crippen LogP contribution is -2.37. The standard InChI is InChI=1S/C16H20ClF2N5O.HI/c1-20-16(21-6-5-11-8-23-24(2)10-11)22-9-12-7-13(17)3-4-14(12)25-15(18)19;/h3-4,7-8,10,15H,5-6,9H2,1-2H3,(H2,20,21,22);1H. The molecule has 0 unspecified atom stereocenters. The number of hydrogen-bond acceptors (Lipinski definition) is 3. The zero-order valence-electron chi connectivity index (χ0n) is 14.4. The van der Waals surface area contributed by atoms with E-state index in [0.717, 1.165) is 12.0 Å². The highest BCUT2D eigenvalue weighted by Crippen LogP contribution is 2.24. The van der Waals surface area contributed by atoms with Gasteiger partial charge in [0.2, 0.25) is 0 Å². The third kappa shape index (κ3) is 7.32. The Morgan fingerprint density at radius 2 is 2.15 bits per heavy atom. The summed E-state index contributed by atoms with van der Waals surface area (Å²) in [5, 5.41) is 10.8. The highest BCUT2D eigenvalue weighted by Gasteiger charge is 2.11. The summed E-state index contributed by atoms with van der Waals surface area (Å²) in [6.45, 7) is -1.99. The van der Waals surface area contributed by atoms with Crippen molar-refractivity contribution in [1.82, 2.24) is 20.4 Å². The molecule has 0 atom stereocenters. The third-order valence-corrected chi connectivity index (χ3v) is 3.61. The minimum atomic E-state index is -2.89. The molecule has 2 N–H and O–H groups in total. The highest BCUT2D eigenvalue weighted by molar-refractivity contribution is 14.0. The predicted molar refractivity (Wildman–Crippen MR) is 109 cm³/mol. The van der Waals surface area contributed by atoms with Gasteiger partial charge in [-0.2, -0.15) is 13.9 Å². The number of aromatic nitrogens is 2. The van der Waals surface area contributed by atoms with Gasteiger partial charge in [0.05, 0.1) is 6.20 Å². The second-order valence-corrected chi connectivity index (χ2v) is 5.69. The summed E-state index contributed by atoms with van der Waals surface area (Å²) in [7, 11) is 3.50. The summed E-state index contributed by atoms with van der Waals surface area (Å²) in [6, 6.07) is 4.50. The normalized spacial score (nSPS) is 11.2. The first-order valence-corrected chi connectivity index (χ1v) is 8.01. The molecule has 0 amide bonds. The number of guanidine groups is 1. The van der Waals surface area contributed by atoms with E-state index in [9.17, 15) is 8.78 Å². The van der Waals surface area contributed by atoms with Crippen molar-refractivity contribution in [2.24, 2.45) is 12.0 Å². The molecule has 1 heterocycles. The summed E-state index contributed by atoms with van der Waals surface area (Å²) < 4.78 is 31.2. The van der Waals surface area contributed by atoms with Gasteiger partial charge in [0, 0.05) is 44.0 Å². The summed E-state index contributed by atoms with van der Waals surface area (Å²) in [5.74, 6) is 0.629. The van der Waals surface area contributed by atoms with Crippen LogP contribution in [0.4, 0.5) is 8.78 Å². The molecule has 10 heteroatoms. The molecule has 0 fully saturated rings. The first-order chi connectivity index (χ1) is 12.0. The predicted octanol–water partition coefficient (Wildman–Crippen LogP) is 3.20. The van der Waals surface area contributed by atoms with Crippen LogP contribution in [0.1, 0.15) is 11.1 Å². The van der Waals surface area contributed by atoms with Crippen LogP contribution < -0.4 is 15.4 Å². The number of alkyl halides is 2. The molecule has 0 saturated heterocycles. The van der Waals surface area contributed by atoms with Crippen molar-refractivity contribution in [3.8, 4) is 5.75 Å². The molecule has 144 valence electrons. The van der Waals surface area contributed by atoms with Crippen LogP contribution in [0, 0.1) is 0 Å². The molecule has 0 spiro atoms. The van der Waals surface area contributed by atoms with Crippen LogP contribution in [-0.4, -0.2) is 35.9 Å². The zero-order chi connectivity index (χ0) is 18.2. The topological polar surface area (TPSA) is 63.5 Å². The number of nitrogens with zero attached hydrogens (tertiary/aromatic N) is 3. The van der Waals surface area contributed by atoms with Crippen LogP contribution in [0.15, 0.2) is 35.6 Å². The van der Waals surface area contributed by atoms with Crippen molar-refractivity contribution >= 4 is 41.5 Å². The fourth-order valence-electron chi connectivity index (χ4n) is 2.22. The number of ether oxygens (including phenoxy) is 1. The smallest absolute Gasteiger partial charge is 0.387 e. The van der Waals surface area contributed by atoms with Gasteiger partial charge in [0.25, 0.3) is 0 Å². The Labute approximate surface area is 173 Å². The number of halogens is 4. The van der Waals surface area contributed by atoms with E-state index in [1.807, 2.05) is 13.2 Å². The van der Waals surface area contributed by atoms with Crippen LogP contribution in [0.2, 0.25) is 5.02 Å². The first-order valence-electron chi connectivity index (χ1n) is 7.63. The van der Waals surface area contributed by atoms with Crippen molar-refractivity contribution < 1.29 is 13.5 Å². The van der Waals surface area contributed by atoms with Crippen molar-refractivity contribution in [3.63, 3.8) is 0 Å². The molecule has 0 bridgehead atoms. The van der Waals surface area contributed by atoms with Gasteiger partial charge in [-0.15, -0.1) is 24.0 Å². The molecule has 2 rings (SSSR count). The lowest BCUT2D eigenvalue weighted by Gasteiger charge is -2.14. The maximum atomic E-state index is 12.5. The number of aryl methyl sites for hydroxylation is 1. The molecule has 0 radical (unpaired) electrons. The SMILES string of the molecule is CN=C(NCCc1cnn(C)c1)NCc1cc(Cl)ccc1OC(F)F.I. The van der Waals surface area contributed by atoms with Crippen molar-refractivity contribution in [3.05, 3.63) is 46.7 Å². The Morgan fingerprint density at radius 3 is 2.77 bits per heavy atom. The van der Waals surface area contributed by atoms with Crippen molar-refractivity contribution in [2.75, 3.05) is 13.6 Å². The molecule has 0 aliphatic rings. The lowest BCUT2D eigenvalue weighted by molar-refractivity contribution is -0.0504. The van der Waals surface area contributed by atoms with Gasteiger partial charge in [-0.25, -0.2) is 0 Å². The van der Waals surface area contributed by atoms with E-state index in [2.05, 4.69) is 25.5 Å². The van der Waals surface area contributed by atoms with Gasteiger partial charge >= 0.3 is 6.61 Å². The summed E-state index contributed by atoms with van der Waals surface area (Å²) >= 11 is 5.93. The van der Waals surface area contributed by atoms with Gasteiger partial charge < -0.3 is 15.4 Å². The Kier molecular flexibility index (Phi) is 9.63. The largest absolute Gasteiger partial charge is 0.434 e. The monoisotopic (exact) mass is 499 g/mol. The lowest BCUT2D eigenvalue weighted by atomic mass is 10.2. The quantitative estimate of drug-likeness (QED) is 0.349. The Bertz CT molecular complexity index is 726. The van der Waals surface area contributed by atoms with Gasteiger partial charge in [0.1, 0.15) is 5.75 Å². The first kappa shape index (κ1) is 22.4. The summed E-state index contributed by atoms with van der Waals surface area (Å²) in [6.07, 6.45) is 4.53. The molecule has 1 aromatic carbocycles. The molecule has 26 heavy (non-hydrogen) atoms. The number of rotatable bonds is 7. The van der Waals surface area contributed by atoms with E-state index in [1.165, 1.54) is 12.1 Å². The van der Waals surface area contributed by atoms with E-state index in [4.69, 9.17) is 11.6 Å². The van der Waals surface area contributed by atoms with Crippen molar-refractivity contribution in [2.45, 2.75) is 19.6 Å². The summed E-state index contributed by atoms with van der Waals surface area (Å²) in [5.41, 5.74) is 1.62. The maximum Gasteiger partial charge on any atom is 0.387 e. The van der Waals surface area contributed by atoms with E-state index < -0.39 is 6.61 Å². The van der Waals surface area contributed by atoms with Crippen LogP contribution in [0.3, 0.4) is 0 Å². The Balaban J connectivity index is 0.00000338. The molecule has 0 aliphatic carbocycles. The van der Waals surface area contributed by atoms with Crippen LogP contribution in [0.25, 0.3) is 0 Å². The van der Waals surface area contributed by atoms with Crippen LogP contribution >= 0.6 is 35.6 Å². The van der Waals surface area contributed by atoms with Gasteiger partial charge in [-0.1, -0.05) is 11.6 Å². The minimum Gasteiger partial charge on any atom is -0.434 e. The van der Waals surface area contributed by atoms with E-state index >= 15 is 0 Å². The molecule has 0 aliphatic heterocycles. The van der Waals surface area contributed by atoms with Crippen LogP contribution in [-0.2, 0) is 20.0 Å². The molecule has 0 saturated carbocycles. The zero-order valence-corrected chi connectivity index (χ0v) is 17.5. The highest BCUT2D eigenvalue weighted by atomic mass is 127. The van der Waals surface area contributed by atoms with E-state index in [1.54, 1.807) is 24.0 Å². The van der Waals surface area contributed by atoms with Crippen LogP contribution in [0.5, 0.6) is 5.75 Å². The van der Waals surface area contributed by atoms with Gasteiger partial charge in [-0.3, -0.25) is 9.67 Å². The number of benzene rings is 1. The van der Waals surface area contributed by atoms with Gasteiger partial charge in [0.15, 0.2) is 5.96 Å². The Morgan fingerprint density at radius 1 is 1.38 bits per heavy atom. The fraction of sp³-hybridized carbons (Fsp3) is 0.375. The van der Waals surface area contributed by atoms with E-state index in [-0.39, 0.29) is 36.3 Å². The maximum absolute atomic E-state index is 12.5. The fourth-order valence-corrected chi connectivity index (χ4v) is 2.42. The minimum absolute atomic E-state index is 0. The Hall–Kier alpha value is -1.62. The summed E-state index contributed by atoms with van der Waals surface area (Å²) in [4.78, 5) is 4.10. The molecule has 6 nitrogen and oxygen atoms in total.